The molecule has 0 saturated carbocycles. The van der Waals surface area contributed by atoms with Crippen LogP contribution < -0.4 is 5.73 Å². The number of hydrogen-bond acceptors (Lipinski definition) is 3. The Labute approximate surface area is 46.0 Å². The zero-order valence-electron chi connectivity index (χ0n) is 3.94. The molecule has 0 spiro atoms. The highest BCUT2D eigenvalue weighted by Gasteiger charge is 2.13. The molecule has 0 radical (unpaired) electrons. The number of phosphoric acid groups is 1. The fourth-order valence-corrected chi connectivity index (χ4v) is 0.458. The molecular formula is C2H6NO4P. The van der Waals surface area contributed by atoms with Gasteiger partial charge in [0.25, 0.3) is 0 Å². The maximum Gasteiger partial charge on any atom is 0.525 e. The number of phosphoric ester groups is 1. The SMILES string of the molecule is C=C(N)OP(=O)(O)O. The Morgan fingerprint density at radius 3 is 2.12 bits per heavy atom. The molecule has 0 aliphatic rings. The van der Waals surface area contributed by atoms with E-state index in [-0.39, 0.29) is 0 Å². The third kappa shape index (κ3) is 5.49. The first kappa shape index (κ1) is 7.49. The zero-order valence-corrected chi connectivity index (χ0v) is 4.84. The quantitative estimate of drug-likeness (QED) is 0.355. The minimum Gasteiger partial charge on any atom is -0.389 e. The van der Waals surface area contributed by atoms with E-state index in [1.165, 1.54) is 0 Å². The summed E-state index contributed by atoms with van der Waals surface area (Å²) in [6.45, 7) is 2.90. The molecule has 5 nitrogen and oxygen atoms in total. The van der Waals surface area contributed by atoms with Crippen molar-refractivity contribution >= 4 is 7.82 Å². The molecule has 6 heteroatoms. The van der Waals surface area contributed by atoms with E-state index in [1.807, 2.05) is 0 Å². The first-order valence-electron chi connectivity index (χ1n) is 1.61. The second kappa shape index (κ2) is 2.17. The van der Waals surface area contributed by atoms with Crippen LogP contribution in [0.5, 0.6) is 0 Å². The van der Waals surface area contributed by atoms with Gasteiger partial charge in [0, 0.05) is 0 Å². The van der Waals surface area contributed by atoms with Gasteiger partial charge < -0.3 is 10.3 Å². The predicted octanol–water partition coefficient (Wildman–Crippen LogP) is -0.474. The first-order valence-corrected chi connectivity index (χ1v) is 3.14. The summed E-state index contributed by atoms with van der Waals surface area (Å²) in [6.07, 6.45) is 0. The van der Waals surface area contributed by atoms with Crippen molar-refractivity contribution in [2.45, 2.75) is 0 Å². The monoisotopic (exact) mass is 139 g/mol. The van der Waals surface area contributed by atoms with Gasteiger partial charge in [-0.05, 0) is 6.58 Å². The highest BCUT2D eigenvalue weighted by Crippen LogP contribution is 2.36. The van der Waals surface area contributed by atoms with E-state index in [9.17, 15) is 4.57 Å². The standard InChI is InChI=1S/C2H6NO4P/c1-2(3)7-8(4,5)6/h1,3H2,(H2,4,5,6). The molecule has 0 amide bonds. The van der Waals surface area contributed by atoms with Crippen molar-refractivity contribution < 1.29 is 18.9 Å². The predicted molar refractivity (Wildman–Crippen MR) is 26.5 cm³/mol. The molecule has 0 rings (SSSR count). The van der Waals surface area contributed by atoms with Crippen LogP contribution in [-0.4, -0.2) is 9.79 Å². The molecular weight excluding hydrogens is 133 g/mol. The number of rotatable bonds is 2. The molecule has 0 aromatic carbocycles. The second-order valence-corrected chi connectivity index (χ2v) is 2.21. The van der Waals surface area contributed by atoms with Gasteiger partial charge in [-0.2, -0.15) is 0 Å². The molecule has 0 aliphatic heterocycles. The largest absolute Gasteiger partial charge is 0.525 e. The van der Waals surface area contributed by atoms with Crippen molar-refractivity contribution in [3.05, 3.63) is 12.5 Å². The topological polar surface area (TPSA) is 92.8 Å². The van der Waals surface area contributed by atoms with Crippen molar-refractivity contribution in [3.8, 4) is 0 Å². The van der Waals surface area contributed by atoms with Crippen molar-refractivity contribution in [3.63, 3.8) is 0 Å². The van der Waals surface area contributed by atoms with Gasteiger partial charge in [-0.3, -0.25) is 9.79 Å². The maximum atomic E-state index is 9.77. The fourth-order valence-electron chi connectivity index (χ4n) is 0.153. The third-order valence-corrected chi connectivity index (χ3v) is 0.709. The smallest absolute Gasteiger partial charge is 0.389 e. The fraction of sp³-hybridized carbons (Fsp3) is 0. The average molecular weight is 139 g/mol. The van der Waals surface area contributed by atoms with E-state index >= 15 is 0 Å². The Hall–Kier alpha value is -0.510. The summed E-state index contributed by atoms with van der Waals surface area (Å²) in [6, 6.07) is 0. The third-order valence-electron chi connectivity index (χ3n) is 0.236. The number of hydrogen-bond donors (Lipinski definition) is 3. The normalized spacial score (nSPS) is 10.8. The average Bonchev–Trinajstić information content (AvgIpc) is 1.21. The Morgan fingerprint density at radius 2 is 2.12 bits per heavy atom. The van der Waals surface area contributed by atoms with Crippen LogP contribution in [0.1, 0.15) is 0 Å². The molecule has 8 heavy (non-hydrogen) atoms. The van der Waals surface area contributed by atoms with Gasteiger partial charge in [0.05, 0.1) is 0 Å². The van der Waals surface area contributed by atoms with Gasteiger partial charge in [0.1, 0.15) is 0 Å². The van der Waals surface area contributed by atoms with Gasteiger partial charge in [-0.25, -0.2) is 4.57 Å². The Morgan fingerprint density at radius 1 is 1.75 bits per heavy atom. The molecule has 0 fully saturated rings. The summed E-state index contributed by atoms with van der Waals surface area (Å²) in [5.74, 6) is -0.488. The minimum atomic E-state index is -4.45. The van der Waals surface area contributed by atoms with Crippen LogP contribution >= 0.6 is 7.82 Å². The summed E-state index contributed by atoms with van der Waals surface area (Å²) >= 11 is 0. The summed E-state index contributed by atoms with van der Waals surface area (Å²) < 4.78 is 13.5. The van der Waals surface area contributed by atoms with Crippen molar-refractivity contribution in [1.29, 1.82) is 0 Å². The van der Waals surface area contributed by atoms with Crippen molar-refractivity contribution in [2.75, 3.05) is 0 Å². The lowest BCUT2D eigenvalue weighted by Crippen LogP contribution is -1.97. The summed E-state index contributed by atoms with van der Waals surface area (Å²) in [7, 11) is -4.45. The zero-order chi connectivity index (χ0) is 6.78. The highest BCUT2D eigenvalue weighted by molar-refractivity contribution is 7.46. The molecule has 0 aliphatic carbocycles. The van der Waals surface area contributed by atoms with Crippen LogP contribution in [0.3, 0.4) is 0 Å². The van der Waals surface area contributed by atoms with E-state index < -0.39 is 13.7 Å². The van der Waals surface area contributed by atoms with E-state index in [2.05, 4.69) is 16.8 Å². The molecule has 0 saturated heterocycles. The number of nitrogens with two attached hydrogens (primary N) is 1. The second-order valence-electron chi connectivity index (χ2n) is 1.05. The van der Waals surface area contributed by atoms with E-state index in [1.54, 1.807) is 0 Å². The molecule has 0 heterocycles. The summed E-state index contributed by atoms with van der Waals surface area (Å²) in [4.78, 5) is 15.9. The molecule has 4 N–H and O–H groups in total. The van der Waals surface area contributed by atoms with Gasteiger partial charge in [0.2, 0.25) is 0 Å². The van der Waals surface area contributed by atoms with Crippen LogP contribution in [0.2, 0.25) is 0 Å². The van der Waals surface area contributed by atoms with Crippen LogP contribution in [-0.2, 0) is 9.09 Å². The molecule has 0 unspecified atom stereocenters. The van der Waals surface area contributed by atoms with Gasteiger partial charge in [-0.1, -0.05) is 0 Å². The maximum absolute atomic E-state index is 9.77. The van der Waals surface area contributed by atoms with Gasteiger partial charge >= 0.3 is 7.82 Å². The Bertz CT molecular complexity index is 137. The van der Waals surface area contributed by atoms with Crippen molar-refractivity contribution in [2.24, 2.45) is 5.73 Å². The minimum absolute atomic E-state index is 0.488. The molecule has 48 valence electrons. The lowest BCUT2D eigenvalue weighted by molar-refractivity contribution is 0.241. The van der Waals surface area contributed by atoms with Crippen LogP contribution in [0.15, 0.2) is 12.5 Å². The Balaban J connectivity index is 3.74. The van der Waals surface area contributed by atoms with Crippen LogP contribution in [0, 0.1) is 0 Å². The van der Waals surface area contributed by atoms with Crippen molar-refractivity contribution in [1.82, 2.24) is 0 Å². The summed E-state index contributed by atoms with van der Waals surface area (Å²) in [5, 5.41) is 0. The van der Waals surface area contributed by atoms with Gasteiger partial charge in [-0.15, -0.1) is 0 Å². The van der Waals surface area contributed by atoms with Gasteiger partial charge in [0.15, 0.2) is 5.88 Å². The molecule has 0 aromatic heterocycles. The van der Waals surface area contributed by atoms with Crippen LogP contribution in [0.4, 0.5) is 0 Å². The van der Waals surface area contributed by atoms with E-state index in [4.69, 9.17) is 9.79 Å². The van der Waals surface area contributed by atoms with E-state index in [0.29, 0.717) is 0 Å². The lowest BCUT2D eigenvalue weighted by Gasteiger charge is -2.02. The lowest BCUT2D eigenvalue weighted by atomic mass is 11.0. The highest BCUT2D eigenvalue weighted by atomic mass is 31.2. The Kier molecular flexibility index (Phi) is 2.03. The summed E-state index contributed by atoms with van der Waals surface area (Å²) in [5.41, 5.74) is 4.67. The van der Waals surface area contributed by atoms with E-state index in [0.717, 1.165) is 0 Å². The molecule has 0 atom stereocenters. The first-order chi connectivity index (χ1) is 3.42. The van der Waals surface area contributed by atoms with Crippen LogP contribution in [0.25, 0.3) is 0 Å². The molecule has 0 bridgehead atoms. The molecule has 0 aromatic rings.